The van der Waals surface area contributed by atoms with Crippen molar-refractivity contribution in [2.24, 2.45) is 62.6 Å². The molecule has 0 aromatic carbocycles. The minimum atomic E-state index is -1.95. The molecule has 6 fully saturated rings. The molecule has 1 amide bonds. The number of amides is 1. The summed E-state index contributed by atoms with van der Waals surface area (Å²) in [6.07, 6.45) is 10.2. The molecule has 1 aliphatic heterocycles. The van der Waals surface area contributed by atoms with E-state index in [9.17, 15) is 4.79 Å². The molecule has 45 heavy (non-hydrogen) atoms. The van der Waals surface area contributed by atoms with Crippen molar-refractivity contribution in [1.29, 1.82) is 0 Å². The molecule has 5 nitrogen and oxygen atoms in total. The molecule has 2 spiro atoms. The fourth-order valence-electron chi connectivity index (χ4n) is 14.0. The second kappa shape index (κ2) is 11.2. The minimum Gasteiger partial charge on any atom is -0.443 e. The number of hydrogen-bond acceptors (Lipinski definition) is 4. The summed E-state index contributed by atoms with van der Waals surface area (Å²) in [4.78, 5) is 12.5. The molecule has 0 aromatic rings. The maximum absolute atomic E-state index is 12.5. The van der Waals surface area contributed by atoms with Crippen molar-refractivity contribution < 1.29 is 18.7 Å². The van der Waals surface area contributed by atoms with E-state index in [1.807, 2.05) is 0 Å². The lowest BCUT2D eigenvalue weighted by atomic mass is 9.41. The van der Waals surface area contributed by atoms with Crippen LogP contribution >= 0.6 is 0 Å². The maximum Gasteiger partial charge on any atom is 0.407 e. The van der Waals surface area contributed by atoms with E-state index in [2.05, 4.69) is 81.5 Å². The SMILES string of the molecule is CC[Si](CC)(CC)O[C@H]1[C@H]2O[C@@H]([C@H](OC(=O)NC)C(C)C)C[C@@H](C)[C@@H]2[C@@]2(C)CC[C@@]34CC35CC[C@H](C)C(C)(C)[C@@H]5CC[C@H]4[C@]12C. The first-order chi connectivity index (χ1) is 21.1. The van der Waals surface area contributed by atoms with E-state index < -0.39 is 8.32 Å². The van der Waals surface area contributed by atoms with Crippen LogP contribution in [-0.4, -0.2) is 45.9 Å². The van der Waals surface area contributed by atoms with Gasteiger partial charge in [0.15, 0.2) is 8.32 Å². The predicted octanol–water partition coefficient (Wildman–Crippen LogP) is 9.85. The number of nitrogens with one attached hydrogen (secondary N) is 1. The molecule has 13 atom stereocenters. The molecular weight excluding hydrogens is 575 g/mol. The molecule has 0 aromatic heterocycles. The van der Waals surface area contributed by atoms with Crippen molar-refractivity contribution >= 4 is 14.4 Å². The highest BCUT2D eigenvalue weighted by Gasteiger charge is 2.84. The lowest BCUT2D eigenvalue weighted by Crippen LogP contribution is -2.60. The number of ether oxygens (including phenoxy) is 2. The highest BCUT2D eigenvalue weighted by Crippen LogP contribution is 2.89. The van der Waals surface area contributed by atoms with Crippen molar-refractivity contribution in [3.8, 4) is 0 Å². The van der Waals surface area contributed by atoms with Crippen molar-refractivity contribution in [2.75, 3.05) is 7.05 Å². The molecule has 1 heterocycles. The Morgan fingerprint density at radius 3 is 2.16 bits per heavy atom. The van der Waals surface area contributed by atoms with Crippen LogP contribution < -0.4 is 5.32 Å². The monoisotopic (exact) mass is 643 g/mol. The molecule has 6 rings (SSSR count). The van der Waals surface area contributed by atoms with Crippen LogP contribution in [0.2, 0.25) is 18.1 Å². The molecular formula is C39H69NO4Si. The summed E-state index contributed by atoms with van der Waals surface area (Å²) >= 11 is 0. The third-order valence-corrected chi connectivity index (χ3v) is 21.7. The molecule has 1 saturated heterocycles. The summed E-state index contributed by atoms with van der Waals surface area (Å²) in [6.45, 7) is 27.2. The Hall–Kier alpha value is -0.593. The quantitative estimate of drug-likeness (QED) is 0.268. The van der Waals surface area contributed by atoms with Gasteiger partial charge in [-0.15, -0.1) is 0 Å². The van der Waals surface area contributed by atoms with Crippen LogP contribution in [0.5, 0.6) is 0 Å². The molecule has 5 saturated carbocycles. The highest BCUT2D eigenvalue weighted by atomic mass is 28.4. The van der Waals surface area contributed by atoms with Gasteiger partial charge in [-0.1, -0.05) is 76.2 Å². The normalized spacial score (nSPS) is 48.7. The fourth-order valence-corrected chi connectivity index (χ4v) is 16.9. The zero-order valence-corrected chi connectivity index (χ0v) is 32.2. The molecule has 6 aliphatic rings. The van der Waals surface area contributed by atoms with Gasteiger partial charge in [-0.2, -0.15) is 0 Å². The molecule has 0 radical (unpaired) electrons. The van der Waals surface area contributed by atoms with E-state index in [-0.39, 0.29) is 47.3 Å². The average Bonchev–Trinajstić information content (AvgIpc) is 3.63. The molecule has 6 heteroatoms. The Kier molecular flexibility index (Phi) is 8.55. The second-order valence-corrected chi connectivity index (χ2v) is 23.4. The maximum atomic E-state index is 12.5. The van der Waals surface area contributed by atoms with E-state index in [4.69, 9.17) is 13.9 Å². The van der Waals surface area contributed by atoms with Crippen molar-refractivity contribution in [2.45, 2.75) is 170 Å². The van der Waals surface area contributed by atoms with Gasteiger partial charge in [0.2, 0.25) is 0 Å². The van der Waals surface area contributed by atoms with E-state index in [1.165, 1.54) is 63.1 Å². The summed E-state index contributed by atoms with van der Waals surface area (Å²) in [5, 5.41) is 2.70. The zero-order chi connectivity index (χ0) is 33.0. The summed E-state index contributed by atoms with van der Waals surface area (Å²) in [6, 6.07) is 3.51. The molecule has 5 aliphatic carbocycles. The fraction of sp³-hybridized carbons (Fsp3) is 0.974. The number of carbonyl (C=O) groups excluding carboxylic acids is 1. The number of fused-ring (bicyclic) bond motifs is 4. The van der Waals surface area contributed by atoms with Crippen LogP contribution in [0.25, 0.3) is 0 Å². The zero-order valence-electron chi connectivity index (χ0n) is 31.2. The van der Waals surface area contributed by atoms with Crippen LogP contribution in [0, 0.1) is 62.6 Å². The Morgan fingerprint density at radius 2 is 1.56 bits per heavy atom. The Balaban J connectivity index is 1.44. The minimum absolute atomic E-state index is 0.0604. The van der Waals surface area contributed by atoms with Gasteiger partial charge < -0.3 is 19.2 Å². The summed E-state index contributed by atoms with van der Waals surface area (Å²) in [7, 11) is -0.297. The van der Waals surface area contributed by atoms with Crippen molar-refractivity contribution in [3.05, 3.63) is 0 Å². The molecule has 258 valence electrons. The summed E-state index contributed by atoms with van der Waals surface area (Å²) in [5.41, 5.74) is 1.72. The van der Waals surface area contributed by atoms with E-state index >= 15 is 0 Å². The van der Waals surface area contributed by atoms with E-state index in [0.717, 1.165) is 18.3 Å². The van der Waals surface area contributed by atoms with Gasteiger partial charge in [-0.3, -0.25) is 0 Å². The third kappa shape index (κ3) is 4.44. The molecule has 1 N–H and O–H groups in total. The lowest BCUT2D eigenvalue weighted by Gasteiger charge is -2.64. The van der Waals surface area contributed by atoms with Crippen LogP contribution in [0.4, 0.5) is 4.79 Å². The van der Waals surface area contributed by atoms with Gasteiger partial charge in [-0.25, -0.2) is 4.79 Å². The van der Waals surface area contributed by atoms with Crippen LogP contribution in [0.1, 0.15) is 128 Å². The number of carbonyl (C=O) groups is 1. The first-order valence-corrected chi connectivity index (χ1v) is 21.8. The van der Waals surface area contributed by atoms with Gasteiger partial charge in [-0.05, 0) is 127 Å². The van der Waals surface area contributed by atoms with Gasteiger partial charge in [0, 0.05) is 12.5 Å². The molecule has 0 bridgehead atoms. The van der Waals surface area contributed by atoms with E-state index in [0.29, 0.717) is 34.0 Å². The predicted molar refractivity (Wildman–Crippen MR) is 185 cm³/mol. The first-order valence-electron chi connectivity index (χ1n) is 19.3. The van der Waals surface area contributed by atoms with Gasteiger partial charge >= 0.3 is 6.09 Å². The number of hydrogen-bond donors (Lipinski definition) is 1. The van der Waals surface area contributed by atoms with Crippen molar-refractivity contribution in [3.63, 3.8) is 0 Å². The third-order valence-electron chi connectivity index (χ3n) is 17.1. The van der Waals surface area contributed by atoms with Gasteiger partial charge in [0.1, 0.15) is 6.10 Å². The van der Waals surface area contributed by atoms with E-state index in [1.54, 1.807) is 7.05 Å². The number of alkyl carbamates (subject to hydrolysis) is 1. The lowest BCUT2D eigenvalue weighted by molar-refractivity contribution is -0.177. The Bertz CT molecular complexity index is 1130. The largest absolute Gasteiger partial charge is 0.443 e. The van der Waals surface area contributed by atoms with Crippen LogP contribution in [0.3, 0.4) is 0 Å². The highest BCUT2D eigenvalue weighted by molar-refractivity contribution is 6.73. The summed E-state index contributed by atoms with van der Waals surface area (Å²) in [5.74, 6) is 3.54. The first kappa shape index (κ1) is 34.3. The average molecular weight is 644 g/mol. The Morgan fingerprint density at radius 1 is 0.933 bits per heavy atom. The van der Waals surface area contributed by atoms with Gasteiger partial charge in [0.25, 0.3) is 0 Å². The Labute approximate surface area is 277 Å². The standard InChI is InChI=1S/C39H69NO4Si/c1-13-45(14-2,15-3)44-33-32-30(25(6)22-27(42-32)31(24(4)5)43-34(41)40-12)36(10)20-21-39-23-38(39)19-18-26(7)35(8,9)28(38)16-17-29(39)37(33,36)11/h24-33H,13-23H2,1-12H3,(H,40,41)/t25-,26+,27-,28+,29+,30+,31-,32+,33+,36-,37-,38?,39+/m1/s1. The summed E-state index contributed by atoms with van der Waals surface area (Å²) < 4.78 is 21.4. The topological polar surface area (TPSA) is 56.8 Å². The smallest absolute Gasteiger partial charge is 0.407 e. The molecule has 1 unspecified atom stereocenters. The number of rotatable bonds is 8. The van der Waals surface area contributed by atoms with Gasteiger partial charge in [0.05, 0.1) is 18.3 Å². The van der Waals surface area contributed by atoms with Crippen molar-refractivity contribution in [1.82, 2.24) is 5.32 Å². The van der Waals surface area contributed by atoms with Crippen LogP contribution in [-0.2, 0) is 13.9 Å². The second-order valence-electron chi connectivity index (χ2n) is 18.7. The van der Waals surface area contributed by atoms with Crippen LogP contribution in [0.15, 0.2) is 0 Å².